The molecule has 2 heterocycles. The number of carbonyl (C=O) groups is 1. The molecule has 1 amide bonds. The highest BCUT2D eigenvalue weighted by atomic mass is 35.5. The number of halogens is 1. The molecule has 1 aliphatic rings. The number of aromatic nitrogens is 2. The Bertz CT molecular complexity index is 977. The van der Waals surface area contributed by atoms with Crippen molar-refractivity contribution in [1.29, 1.82) is 0 Å². The van der Waals surface area contributed by atoms with Crippen molar-refractivity contribution in [3.63, 3.8) is 0 Å². The molecule has 1 aromatic heterocycles. The van der Waals surface area contributed by atoms with Crippen LogP contribution in [0.5, 0.6) is 0 Å². The molecule has 148 valence electrons. The predicted octanol–water partition coefficient (Wildman–Crippen LogP) is 4.24. The number of benzene rings is 2. The second-order valence-corrected chi connectivity index (χ2v) is 8.12. The first kappa shape index (κ1) is 19.7. The van der Waals surface area contributed by atoms with Gasteiger partial charge in [0.2, 0.25) is 5.91 Å². The van der Waals surface area contributed by atoms with Gasteiger partial charge in [0.1, 0.15) is 5.82 Å². The number of rotatable bonds is 5. The highest BCUT2D eigenvalue weighted by Gasteiger charge is 2.22. The van der Waals surface area contributed by atoms with Gasteiger partial charge in [0.05, 0.1) is 10.8 Å². The maximum atomic E-state index is 12.6. The predicted molar refractivity (Wildman–Crippen MR) is 118 cm³/mol. The number of hydrogen-bond acceptors (Lipinski definition) is 5. The van der Waals surface area contributed by atoms with E-state index in [0.29, 0.717) is 23.9 Å². The number of piperazine rings is 1. The number of amides is 1. The molecular weight excluding hydrogens is 404 g/mol. The molecule has 7 heteroatoms. The molecule has 1 fully saturated rings. The number of anilines is 1. The molecule has 0 radical (unpaired) electrons. The molecule has 0 spiro atoms. The Balaban J connectivity index is 1.34. The summed E-state index contributed by atoms with van der Waals surface area (Å²) < 4.78 is 0. The molecule has 0 aliphatic carbocycles. The fourth-order valence-corrected chi connectivity index (χ4v) is 4.37. The summed E-state index contributed by atoms with van der Waals surface area (Å²) in [6.07, 6.45) is 1.79. The van der Waals surface area contributed by atoms with E-state index < -0.39 is 0 Å². The Morgan fingerprint density at radius 2 is 1.69 bits per heavy atom. The van der Waals surface area contributed by atoms with Crippen LogP contribution in [0.3, 0.4) is 0 Å². The Labute approximate surface area is 179 Å². The summed E-state index contributed by atoms with van der Waals surface area (Å²) in [5.74, 6) is 2.16. The van der Waals surface area contributed by atoms with E-state index in [1.807, 2.05) is 65.6 Å². The van der Waals surface area contributed by atoms with Crippen LogP contribution in [0, 0.1) is 0 Å². The van der Waals surface area contributed by atoms with Crippen LogP contribution in [0.1, 0.15) is 0 Å². The Hall–Kier alpha value is -2.57. The topological polar surface area (TPSA) is 49.3 Å². The van der Waals surface area contributed by atoms with Crippen molar-refractivity contribution in [2.45, 2.75) is 4.90 Å². The fraction of sp³-hybridized carbons (Fsp3) is 0.227. The highest BCUT2D eigenvalue weighted by Crippen LogP contribution is 2.27. The number of nitrogens with zero attached hydrogens (tertiary/aromatic N) is 4. The second kappa shape index (κ2) is 9.29. The van der Waals surface area contributed by atoms with Crippen LogP contribution in [-0.2, 0) is 4.79 Å². The summed E-state index contributed by atoms with van der Waals surface area (Å²) in [6.45, 7) is 2.89. The van der Waals surface area contributed by atoms with E-state index in [-0.39, 0.29) is 5.91 Å². The maximum absolute atomic E-state index is 12.6. The van der Waals surface area contributed by atoms with E-state index in [4.69, 9.17) is 16.6 Å². The summed E-state index contributed by atoms with van der Waals surface area (Å²) >= 11 is 7.66. The van der Waals surface area contributed by atoms with Crippen molar-refractivity contribution < 1.29 is 4.79 Å². The summed E-state index contributed by atoms with van der Waals surface area (Å²) in [5.41, 5.74) is 1.000. The number of thioether (sulfide) groups is 1. The van der Waals surface area contributed by atoms with Crippen molar-refractivity contribution in [1.82, 2.24) is 14.9 Å². The zero-order valence-electron chi connectivity index (χ0n) is 15.9. The van der Waals surface area contributed by atoms with Gasteiger partial charge in [0, 0.05) is 42.8 Å². The summed E-state index contributed by atoms with van der Waals surface area (Å²) in [5, 5.41) is 0.688. The van der Waals surface area contributed by atoms with E-state index in [2.05, 4.69) is 9.88 Å². The fourth-order valence-electron chi connectivity index (χ4n) is 3.23. The highest BCUT2D eigenvalue weighted by molar-refractivity contribution is 8.00. The average molecular weight is 425 g/mol. The van der Waals surface area contributed by atoms with Gasteiger partial charge >= 0.3 is 0 Å². The maximum Gasteiger partial charge on any atom is 0.233 e. The largest absolute Gasteiger partial charge is 0.353 e. The molecule has 3 aromatic rings. The van der Waals surface area contributed by atoms with Crippen LogP contribution in [0.25, 0.3) is 11.4 Å². The first-order valence-corrected chi connectivity index (χ1v) is 10.9. The Kier molecular flexibility index (Phi) is 6.32. The monoisotopic (exact) mass is 424 g/mol. The van der Waals surface area contributed by atoms with Crippen LogP contribution in [0.4, 0.5) is 5.82 Å². The quantitative estimate of drug-likeness (QED) is 0.573. The minimum Gasteiger partial charge on any atom is -0.353 e. The lowest BCUT2D eigenvalue weighted by Crippen LogP contribution is -2.49. The molecule has 5 nitrogen and oxygen atoms in total. The SMILES string of the molecule is O=C(CSc1ccccc1Cl)N1CCN(c2ccnc(-c3ccccc3)n2)CC1. The summed E-state index contributed by atoms with van der Waals surface area (Å²) in [7, 11) is 0. The molecule has 0 bridgehead atoms. The van der Waals surface area contributed by atoms with E-state index in [9.17, 15) is 4.79 Å². The molecule has 2 aromatic carbocycles. The van der Waals surface area contributed by atoms with Crippen molar-refractivity contribution in [2.24, 2.45) is 0 Å². The molecule has 4 rings (SSSR count). The van der Waals surface area contributed by atoms with Gasteiger partial charge in [0.15, 0.2) is 5.82 Å². The van der Waals surface area contributed by atoms with Gasteiger partial charge in [-0.05, 0) is 18.2 Å². The van der Waals surface area contributed by atoms with Crippen molar-refractivity contribution >= 4 is 35.1 Å². The van der Waals surface area contributed by atoms with Crippen LogP contribution in [0.15, 0.2) is 71.8 Å². The smallest absolute Gasteiger partial charge is 0.233 e. The molecule has 1 saturated heterocycles. The van der Waals surface area contributed by atoms with E-state index in [1.54, 1.807) is 6.20 Å². The van der Waals surface area contributed by atoms with Crippen molar-refractivity contribution in [2.75, 3.05) is 36.8 Å². The molecule has 0 unspecified atom stereocenters. The van der Waals surface area contributed by atoms with E-state index in [1.165, 1.54) is 11.8 Å². The standard InChI is InChI=1S/C22H21ClN4OS/c23-18-8-4-5-9-19(18)29-16-21(28)27-14-12-26(13-15-27)20-10-11-24-22(25-20)17-6-2-1-3-7-17/h1-11H,12-16H2. The first-order chi connectivity index (χ1) is 14.2. The summed E-state index contributed by atoms with van der Waals surface area (Å²) in [4.78, 5) is 26.8. The van der Waals surface area contributed by atoms with Gasteiger partial charge < -0.3 is 9.80 Å². The van der Waals surface area contributed by atoms with Gasteiger partial charge in [-0.3, -0.25) is 4.79 Å². The van der Waals surface area contributed by atoms with Gasteiger partial charge in [0.25, 0.3) is 0 Å². The normalized spacial score (nSPS) is 14.1. The molecule has 0 N–H and O–H groups in total. The zero-order chi connectivity index (χ0) is 20.1. The third kappa shape index (κ3) is 4.89. The number of carbonyl (C=O) groups excluding carboxylic acids is 1. The average Bonchev–Trinajstić information content (AvgIpc) is 2.79. The lowest BCUT2D eigenvalue weighted by atomic mass is 10.2. The third-order valence-corrected chi connectivity index (χ3v) is 6.32. The van der Waals surface area contributed by atoms with Crippen LogP contribution in [-0.4, -0.2) is 52.7 Å². The van der Waals surface area contributed by atoms with Crippen molar-refractivity contribution in [3.05, 3.63) is 71.9 Å². The molecule has 0 saturated carbocycles. The van der Waals surface area contributed by atoms with Crippen molar-refractivity contribution in [3.8, 4) is 11.4 Å². The van der Waals surface area contributed by atoms with Gasteiger partial charge in [-0.25, -0.2) is 9.97 Å². The molecule has 29 heavy (non-hydrogen) atoms. The van der Waals surface area contributed by atoms with Crippen LogP contribution < -0.4 is 4.90 Å². The third-order valence-electron chi connectivity index (χ3n) is 4.82. The molecule has 0 atom stereocenters. The lowest BCUT2D eigenvalue weighted by Gasteiger charge is -2.35. The zero-order valence-corrected chi connectivity index (χ0v) is 17.4. The molecule has 1 aliphatic heterocycles. The van der Waals surface area contributed by atoms with E-state index >= 15 is 0 Å². The lowest BCUT2D eigenvalue weighted by molar-refractivity contribution is -0.128. The van der Waals surface area contributed by atoms with Gasteiger partial charge in [-0.15, -0.1) is 11.8 Å². The molecular formula is C22H21ClN4OS. The minimum absolute atomic E-state index is 0.141. The minimum atomic E-state index is 0.141. The van der Waals surface area contributed by atoms with Gasteiger partial charge in [-0.1, -0.05) is 54.1 Å². The first-order valence-electron chi connectivity index (χ1n) is 9.49. The Morgan fingerprint density at radius 1 is 0.966 bits per heavy atom. The second-order valence-electron chi connectivity index (χ2n) is 6.69. The van der Waals surface area contributed by atoms with Gasteiger partial charge in [-0.2, -0.15) is 0 Å². The van der Waals surface area contributed by atoms with Crippen LogP contribution >= 0.6 is 23.4 Å². The van der Waals surface area contributed by atoms with Crippen LogP contribution in [0.2, 0.25) is 5.02 Å². The van der Waals surface area contributed by atoms with E-state index in [0.717, 1.165) is 35.2 Å². The summed E-state index contributed by atoms with van der Waals surface area (Å²) in [6, 6.07) is 19.5. The number of hydrogen-bond donors (Lipinski definition) is 0. The Morgan fingerprint density at radius 3 is 2.45 bits per heavy atom.